The molecule has 3 atom stereocenters. The Morgan fingerprint density at radius 1 is 1.00 bits per heavy atom. The highest BCUT2D eigenvalue weighted by molar-refractivity contribution is 5.93. The number of aryl methyl sites for hydroxylation is 2. The second kappa shape index (κ2) is 8.47. The molecule has 1 aliphatic rings. The van der Waals surface area contributed by atoms with E-state index in [0.717, 1.165) is 12.1 Å². The fraction of sp³-hybridized carbons (Fsp3) is 0.385. The van der Waals surface area contributed by atoms with E-state index in [0.29, 0.717) is 17.5 Å². The van der Waals surface area contributed by atoms with Crippen LogP contribution in [0, 0.1) is 25.7 Å². The van der Waals surface area contributed by atoms with Crippen molar-refractivity contribution >= 4 is 5.91 Å². The summed E-state index contributed by atoms with van der Waals surface area (Å²) in [6.45, 7) is 8.77. The van der Waals surface area contributed by atoms with Crippen LogP contribution in [0.15, 0.2) is 55.0 Å². The summed E-state index contributed by atoms with van der Waals surface area (Å²) in [5, 5.41) is 3.26. The zero-order chi connectivity index (χ0) is 21.3. The van der Waals surface area contributed by atoms with E-state index >= 15 is 0 Å². The number of amides is 1. The van der Waals surface area contributed by atoms with E-state index in [4.69, 9.17) is 0 Å². The van der Waals surface area contributed by atoms with Crippen molar-refractivity contribution in [3.63, 3.8) is 0 Å². The van der Waals surface area contributed by atoms with E-state index in [1.165, 1.54) is 35.1 Å². The van der Waals surface area contributed by atoms with Gasteiger partial charge in [-0.1, -0.05) is 68.1 Å². The molecule has 4 heteroatoms. The number of carbonyl (C=O) groups is 1. The zero-order valence-corrected chi connectivity index (χ0v) is 18.4. The van der Waals surface area contributed by atoms with E-state index < -0.39 is 0 Å². The van der Waals surface area contributed by atoms with Gasteiger partial charge in [0.15, 0.2) is 0 Å². The van der Waals surface area contributed by atoms with Gasteiger partial charge >= 0.3 is 0 Å². The predicted octanol–water partition coefficient (Wildman–Crippen LogP) is 5.71. The lowest BCUT2D eigenvalue weighted by Gasteiger charge is -2.34. The molecule has 0 radical (unpaired) electrons. The number of hydrogen-bond donors (Lipinski definition) is 1. The highest BCUT2D eigenvalue weighted by Gasteiger charge is 2.29. The van der Waals surface area contributed by atoms with Gasteiger partial charge < -0.3 is 5.32 Å². The second-order valence-corrected chi connectivity index (χ2v) is 8.92. The standard InChI is InChI=1S/C26H31N3O/c1-17-12-18(2)14-22(13-17)21-8-10-23(11-9-21)29-16-27-15-25(29)26(30)28-24-7-5-6-19(3)20(24)4/h8-16,19-20,24H,5-7H2,1-4H3,(H,28,30)/t19-,20-,24+/m0/s1. The Labute approximate surface area is 179 Å². The summed E-state index contributed by atoms with van der Waals surface area (Å²) in [5.74, 6) is 1.10. The van der Waals surface area contributed by atoms with Gasteiger partial charge in [-0.05, 0) is 55.4 Å². The lowest BCUT2D eigenvalue weighted by Crippen LogP contribution is -2.44. The number of aromatic nitrogens is 2. The summed E-state index contributed by atoms with van der Waals surface area (Å²) in [7, 11) is 0. The van der Waals surface area contributed by atoms with Crippen molar-refractivity contribution in [2.75, 3.05) is 0 Å². The Morgan fingerprint density at radius 2 is 1.70 bits per heavy atom. The quantitative estimate of drug-likeness (QED) is 0.608. The van der Waals surface area contributed by atoms with Crippen LogP contribution in [0.25, 0.3) is 16.8 Å². The molecule has 1 N–H and O–H groups in total. The molecule has 0 spiro atoms. The second-order valence-electron chi connectivity index (χ2n) is 8.92. The molecule has 1 aromatic heterocycles. The molecular formula is C26H31N3O. The van der Waals surface area contributed by atoms with Crippen LogP contribution in [0.1, 0.15) is 54.7 Å². The van der Waals surface area contributed by atoms with E-state index in [1.807, 2.05) is 4.57 Å². The molecule has 1 fully saturated rings. The smallest absolute Gasteiger partial charge is 0.270 e. The van der Waals surface area contributed by atoms with Crippen molar-refractivity contribution in [3.8, 4) is 16.8 Å². The monoisotopic (exact) mass is 401 g/mol. The lowest BCUT2D eigenvalue weighted by molar-refractivity contribution is 0.0884. The van der Waals surface area contributed by atoms with Crippen LogP contribution in [-0.2, 0) is 0 Å². The minimum absolute atomic E-state index is 0.0446. The number of nitrogens with zero attached hydrogens (tertiary/aromatic N) is 2. The molecule has 1 amide bonds. The summed E-state index contributed by atoms with van der Waals surface area (Å²) < 4.78 is 1.87. The van der Waals surface area contributed by atoms with Gasteiger partial charge in [-0.2, -0.15) is 0 Å². The molecule has 3 aromatic rings. The van der Waals surface area contributed by atoms with E-state index in [2.05, 4.69) is 80.5 Å². The van der Waals surface area contributed by atoms with Crippen molar-refractivity contribution < 1.29 is 4.79 Å². The molecule has 0 saturated heterocycles. The number of carbonyl (C=O) groups excluding carboxylic acids is 1. The third-order valence-electron chi connectivity index (χ3n) is 6.59. The molecule has 0 aliphatic heterocycles. The molecule has 4 nitrogen and oxygen atoms in total. The first-order chi connectivity index (χ1) is 14.4. The minimum Gasteiger partial charge on any atom is -0.348 e. The van der Waals surface area contributed by atoms with Gasteiger partial charge in [0.25, 0.3) is 5.91 Å². The Morgan fingerprint density at radius 3 is 2.40 bits per heavy atom. The highest BCUT2D eigenvalue weighted by Crippen LogP contribution is 2.30. The van der Waals surface area contributed by atoms with Crippen LogP contribution in [-0.4, -0.2) is 21.5 Å². The van der Waals surface area contributed by atoms with Crippen LogP contribution in [0.2, 0.25) is 0 Å². The fourth-order valence-electron chi connectivity index (χ4n) is 4.65. The van der Waals surface area contributed by atoms with Gasteiger partial charge in [0.2, 0.25) is 0 Å². The first-order valence-electron chi connectivity index (χ1n) is 10.9. The van der Waals surface area contributed by atoms with Crippen LogP contribution in [0.3, 0.4) is 0 Å². The molecule has 1 aliphatic carbocycles. The Kier molecular flexibility index (Phi) is 5.76. The van der Waals surface area contributed by atoms with Crippen LogP contribution >= 0.6 is 0 Å². The normalized spacial score (nSPS) is 21.4. The molecule has 1 heterocycles. The molecule has 156 valence electrons. The summed E-state index contributed by atoms with van der Waals surface area (Å²) in [4.78, 5) is 17.3. The summed E-state index contributed by atoms with van der Waals surface area (Å²) in [6, 6.07) is 15.1. The number of hydrogen-bond acceptors (Lipinski definition) is 2. The van der Waals surface area contributed by atoms with Gasteiger partial charge in [-0.3, -0.25) is 9.36 Å². The van der Waals surface area contributed by atoms with E-state index in [9.17, 15) is 4.79 Å². The van der Waals surface area contributed by atoms with E-state index in [1.54, 1.807) is 12.5 Å². The summed E-state index contributed by atoms with van der Waals surface area (Å²) >= 11 is 0. The molecule has 30 heavy (non-hydrogen) atoms. The zero-order valence-electron chi connectivity index (χ0n) is 18.4. The highest BCUT2D eigenvalue weighted by atomic mass is 16.2. The third-order valence-corrected chi connectivity index (χ3v) is 6.59. The molecule has 0 bridgehead atoms. The Balaban J connectivity index is 1.54. The van der Waals surface area contributed by atoms with Gasteiger partial charge in [0, 0.05) is 11.7 Å². The largest absolute Gasteiger partial charge is 0.348 e. The molecule has 2 aromatic carbocycles. The minimum atomic E-state index is -0.0446. The number of benzene rings is 2. The first kappa shape index (κ1) is 20.4. The van der Waals surface area contributed by atoms with Crippen LogP contribution < -0.4 is 5.32 Å². The Hall–Kier alpha value is -2.88. The summed E-state index contributed by atoms with van der Waals surface area (Å²) in [6.07, 6.45) is 6.85. The predicted molar refractivity (Wildman–Crippen MR) is 122 cm³/mol. The number of rotatable bonds is 4. The SMILES string of the molecule is Cc1cc(C)cc(-c2ccc(-n3cncc3C(=O)N[C@@H]3CCC[C@H](C)[C@@H]3C)cc2)c1. The molecular weight excluding hydrogens is 370 g/mol. The average Bonchev–Trinajstić information content (AvgIpc) is 3.21. The maximum absolute atomic E-state index is 13.0. The first-order valence-corrected chi connectivity index (χ1v) is 10.9. The van der Waals surface area contributed by atoms with Crippen molar-refractivity contribution in [1.29, 1.82) is 0 Å². The van der Waals surface area contributed by atoms with Crippen LogP contribution in [0.4, 0.5) is 0 Å². The average molecular weight is 402 g/mol. The fourth-order valence-corrected chi connectivity index (χ4v) is 4.65. The molecule has 0 unspecified atom stereocenters. The van der Waals surface area contributed by atoms with Crippen molar-refractivity contribution in [2.45, 2.75) is 53.0 Å². The van der Waals surface area contributed by atoms with Crippen molar-refractivity contribution in [1.82, 2.24) is 14.9 Å². The van der Waals surface area contributed by atoms with Crippen LogP contribution in [0.5, 0.6) is 0 Å². The lowest BCUT2D eigenvalue weighted by atomic mass is 9.78. The summed E-state index contributed by atoms with van der Waals surface area (Å²) in [5.41, 5.74) is 6.42. The maximum atomic E-state index is 13.0. The van der Waals surface area contributed by atoms with Gasteiger partial charge in [0.1, 0.15) is 5.69 Å². The van der Waals surface area contributed by atoms with Gasteiger partial charge in [-0.25, -0.2) is 4.98 Å². The molecule has 4 rings (SSSR count). The number of imidazole rings is 1. The third kappa shape index (κ3) is 4.18. The number of nitrogens with one attached hydrogen (secondary N) is 1. The Bertz CT molecular complexity index is 1010. The van der Waals surface area contributed by atoms with Gasteiger partial charge in [-0.15, -0.1) is 0 Å². The van der Waals surface area contributed by atoms with Crippen molar-refractivity contribution in [2.24, 2.45) is 11.8 Å². The topological polar surface area (TPSA) is 46.9 Å². The van der Waals surface area contributed by atoms with E-state index in [-0.39, 0.29) is 11.9 Å². The maximum Gasteiger partial charge on any atom is 0.270 e. The van der Waals surface area contributed by atoms with Gasteiger partial charge in [0.05, 0.1) is 12.5 Å². The van der Waals surface area contributed by atoms with Crippen molar-refractivity contribution in [3.05, 3.63) is 71.8 Å². The molecule has 1 saturated carbocycles.